The fraction of sp³-hybridized carbons (Fsp3) is 0.308. The van der Waals surface area contributed by atoms with Gasteiger partial charge in [-0.1, -0.05) is 6.92 Å². The van der Waals surface area contributed by atoms with Crippen LogP contribution in [0, 0.1) is 5.82 Å². The average molecular weight is 263 g/mol. The Morgan fingerprint density at radius 3 is 2.89 bits per heavy atom. The largest absolute Gasteiger partial charge is 0.438 e. The number of aryl methyl sites for hydroxylation is 1. The first-order chi connectivity index (χ1) is 9.11. The minimum absolute atomic E-state index is 0.205. The minimum atomic E-state index is -0.411. The van der Waals surface area contributed by atoms with E-state index in [1.807, 2.05) is 6.92 Å². The van der Waals surface area contributed by atoms with Crippen molar-refractivity contribution < 1.29 is 13.6 Å². The summed E-state index contributed by atoms with van der Waals surface area (Å²) in [6, 6.07) is 2.49. The number of oxazole rings is 1. The topological polar surface area (TPSA) is 68.0 Å². The summed E-state index contributed by atoms with van der Waals surface area (Å²) in [5.74, 6) is -0.560. The summed E-state index contributed by atoms with van der Waals surface area (Å²) < 4.78 is 17.8. The van der Waals surface area contributed by atoms with Gasteiger partial charge in [0.1, 0.15) is 5.82 Å². The van der Waals surface area contributed by atoms with Crippen LogP contribution in [0.3, 0.4) is 0 Å². The quantitative estimate of drug-likeness (QED) is 0.918. The Morgan fingerprint density at radius 2 is 2.26 bits per heavy atom. The molecule has 0 spiro atoms. The van der Waals surface area contributed by atoms with Crippen LogP contribution in [0.5, 0.6) is 0 Å². The maximum absolute atomic E-state index is 12.8. The Hall–Kier alpha value is -2.24. The zero-order chi connectivity index (χ0) is 13.8. The number of carbonyl (C=O) groups excluding carboxylic acids is 1. The lowest BCUT2D eigenvalue weighted by atomic mass is 10.2. The highest BCUT2D eigenvalue weighted by molar-refractivity contribution is 5.92. The third kappa shape index (κ3) is 2.96. The number of nitrogens with one attached hydrogen (secondary N) is 1. The molecule has 19 heavy (non-hydrogen) atoms. The number of halogens is 1. The van der Waals surface area contributed by atoms with Gasteiger partial charge >= 0.3 is 0 Å². The summed E-state index contributed by atoms with van der Waals surface area (Å²) in [6.45, 7) is 3.65. The molecule has 6 heteroatoms. The van der Waals surface area contributed by atoms with Gasteiger partial charge in [0, 0.05) is 0 Å². The van der Waals surface area contributed by atoms with E-state index in [0.717, 1.165) is 6.20 Å². The van der Waals surface area contributed by atoms with Crippen LogP contribution in [0.15, 0.2) is 29.1 Å². The standard InChI is InChI=1S/C13H14FN3O2/c1-3-10-12(19-7-16-10)13(18)17-8(2)11-5-4-9(14)6-15-11/h4-8H,3H2,1-2H3,(H,17,18)/t8-/m0/s1. The summed E-state index contributed by atoms with van der Waals surface area (Å²) in [5, 5.41) is 2.74. The molecular formula is C13H14FN3O2. The van der Waals surface area contributed by atoms with E-state index in [4.69, 9.17) is 4.42 Å². The first-order valence-corrected chi connectivity index (χ1v) is 5.96. The molecule has 0 aliphatic heterocycles. The second kappa shape index (κ2) is 5.60. The molecule has 1 N–H and O–H groups in total. The van der Waals surface area contributed by atoms with Crippen molar-refractivity contribution in [1.82, 2.24) is 15.3 Å². The Kier molecular flexibility index (Phi) is 3.89. The zero-order valence-corrected chi connectivity index (χ0v) is 10.7. The fourth-order valence-corrected chi connectivity index (χ4v) is 1.69. The smallest absolute Gasteiger partial charge is 0.289 e. The molecule has 100 valence electrons. The Balaban J connectivity index is 2.08. The van der Waals surface area contributed by atoms with Gasteiger partial charge in [-0.3, -0.25) is 9.78 Å². The van der Waals surface area contributed by atoms with Crippen molar-refractivity contribution >= 4 is 5.91 Å². The molecule has 0 aliphatic rings. The molecule has 2 rings (SSSR count). The van der Waals surface area contributed by atoms with Crippen molar-refractivity contribution in [3.8, 4) is 0 Å². The molecule has 5 nitrogen and oxygen atoms in total. The Bertz CT molecular complexity index is 566. The molecule has 2 aromatic heterocycles. The van der Waals surface area contributed by atoms with Crippen molar-refractivity contribution in [3.63, 3.8) is 0 Å². The number of pyridine rings is 1. The normalized spacial score (nSPS) is 12.2. The average Bonchev–Trinajstić information content (AvgIpc) is 2.87. The third-order valence-electron chi connectivity index (χ3n) is 2.72. The Labute approximate surface area is 109 Å². The van der Waals surface area contributed by atoms with Gasteiger partial charge in [-0.15, -0.1) is 0 Å². The van der Waals surface area contributed by atoms with Gasteiger partial charge in [0.2, 0.25) is 5.76 Å². The van der Waals surface area contributed by atoms with Gasteiger partial charge in [0.05, 0.1) is 23.6 Å². The molecule has 2 aromatic rings. The summed E-state index contributed by atoms with van der Waals surface area (Å²) >= 11 is 0. The number of hydrogen-bond acceptors (Lipinski definition) is 4. The molecule has 0 unspecified atom stereocenters. The highest BCUT2D eigenvalue weighted by Crippen LogP contribution is 2.13. The number of hydrogen-bond donors (Lipinski definition) is 1. The maximum atomic E-state index is 12.8. The van der Waals surface area contributed by atoms with Crippen LogP contribution in [0.2, 0.25) is 0 Å². The SMILES string of the molecule is CCc1ncoc1C(=O)N[C@@H](C)c1ccc(F)cn1. The molecule has 0 aliphatic carbocycles. The van der Waals surface area contributed by atoms with E-state index in [9.17, 15) is 9.18 Å². The highest BCUT2D eigenvalue weighted by Gasteiger charge is 2.18. The summed E-state index contributed by atoms with van der Waals surface area (Å²) in [7, 11) is 0. The number of amides is 1. The van der Waals surface area contributed by atoms with Gasteiger partial charge in [-0.05, 0) is 25.5 Å². The molecule has 2 heterocycles. The van der Waals surface area contributed by atoms with E-state index in [2.05, 4.69) is 15.3 Å². The minimum Gasteiger partial charge on any atom is -0.438 e. The molecule has 0 saturated carbocycles. The van der Waals surface area contributed by atoms with E-state index in [1.165, 1.54) is 18.5 Å². The van der Waals surface area contributed by atoms with Crippen LogP contribution in [-0.4, -0.2) is 15.9 Å². The van der Waals surface area contributed by atoms with Crippen LogP contribution in [0.1, 0.15) is 41.8 Å². The second-order valence-corrected chi connectivity index (χ2v) is 4.08. The van der Waals surface area contributed by atoms with Crippen molar-refractivity contribution in [2.75, 3.05) is 0 Å². The van der Waals surface area contributed by atoms with Crippen molar-refractivity contribution in [2.45, 2.75) is 26.3 Å². The van der Waals surface area contributed by atoms with Gasteiger partial charge < -0.3 is 9.73 Å². The van der Waals surface area contributed by atoms with E-state index in [1.54, 1.807) is 6.92 Å². The van der Waals surface area contributed by atoms with Gasteiger partial charge in [0.15, 0.2) is 6.39 Å². The number of nitrogens with zero attached hydrogens (tertiary/aromatic N) is 2. The predicted molar refractivity (Wildman–Crippen MR) is 66.0 cm³/mol. The molecule has 1 amide bonds. The summed E-state index contributed by atoms with van der Waals surface area (Å²) in [4.78, 5) is 19.9. The van der Waals surface area contributed by atoms with Gasteiger partial charge in [0.25, 0.3) is 5.91 Å². The van der Waals surface area contributed by atoms with Crippen molar-refractivity contribution in [3.05, 3.63) is 47.7 Å². The van der Waals surface area contributed by atoms with Crippen LogP contribution < -0.4 is 5.32 Å². The first kappa shape index (κ1) is 13.2. The fourth-order valence-electron chi connectivity index (χ4n) is 1.69. The van der Waals surface area contributed by atoms with Crippen molar-refractivity contribution in [1.29, 1.82) is 0 Å². The monoisotopic (exact) mass is 263 g/mol. The van der Waals surface area contributed by atoms with E-state index in [0.29, 0.717) is 17.8 Å². The van der Waals surface area contributed by atoms with Crippen molar-refractivity contribution in [2.24, 2.45) is 0 Å². The van der Waals surface area contributed by atoms with E-state index in [-0.39, 0.29) is 17.7 Å². The second-order valence-electron chi connectivity index (χ2n) is 4.08. The van der Waals surface area contributed by atoms with Crippen LogP contribution in [0.25, 0.3) is 0 Å². The number of rotatable bonds is 4. The van der Waals surface area contributed by atoms with Crippen LogP contribution in [-0.2, 0) is 6.42 Å². The van der Waals surface area contributed by atoms with E-state index >= 15 is 0 Å². The number of carbonyl (C=O) groups is 1. The molecule has 1 atom stereocenters. The van der Waals surface area contributed by atoms with E-state index < -0.39 is 5.82 Å². The van der Waals surface area contributed by atoms with Gasteiger partial charge in [-0.2, -0.15) is 0 Å². The predicted octanol–water partition coefficient (Wildman–Crippen LogP) is 2.26. The highest BCUT2D eigenvalue weighted by atomic mass is 19.1. The molecule has 0 aromatic carbocycles. The molecular weight excluding hydrogens is 249 g/mol. The summed E-state index contributed by atoms with van der Waals surface area (Å²) in [6.07, 6.45) is 2.97. The lowest BCUT2D eigenvalue weighted by Crippen LogP contribution is -2.27. The maximum Gasteiger partial charge on any atom is 0.289 e. The summed E-state index contributed by atoms with van der Waals surface area (Å²) in [5.41, 5.74) is 1.18. The zero-order valence-electron chi connectivity index (χ0n) is 10.7. The van der Waals surface area contributed by atoms with Crippen LogP contribution in [0.4, 0.5) is 4.39 Å². The Morgan fingerprint density at radius 1 is 1.47 bits per heavy atom. The first-order valence-electron chi connectivity index (χ1n) is 5.96. The number of aromatic nitrogens is 2. The molecule has 0 saturated heterocycles. The molecule has 0 bridgehead atoms. The lowest BCUT2D eigenvalue weighted by molar-refractivity contribution is 0.0910. The van der Waals surface area contributed by atoms with Crippen LogP contribution >= 0.6 is 0 Å². The third-order valence-corrected chi connectivity index (χ3v) is 2.72. The molecule has 0 fully saturated rings. The van der Waals surface area contributed by atoms with Gasteiger partial charge in [-0.25, -0.2) is 9.37 Å². The lowest BCUT2D eigenvalue weighted by Gasteiger charge is -2.12. The molecule has 0 radical (unpaired) electrons.